The maximum absolute atomic E-state index is 13.0. The molecule has 1 aromatic heterocycles. The highest BCUT2D eigenvalue weighted by molar-refractivity contribution is 5.75. The fourth-order valence-corrected chi connectivity index (χ4v) is 3.90. The predicted molar refractivity (Wildman–Crippen MR) is 111 cm³/mol. The van der Waals surface area contributed by atoms with Crippen LogP contribution in [0.25, 0.3) is 0 Å². The van der Waals surface area contributed by atoms with E-state index in [9.17, 15) is 18.0 Å². The second-order valence-electron chi connectivity index (χ2n) is 7.48. The van der Waals surface area contributed by atoms with Crippen molar-refractivity contribution in [2.75, 3.05) is 13.1 Å². The summed E-state index contributed by atoms with van der Waals surface area (Å²) in [6, 6.07) is 17.8. The third-order valence-corrected chi connectivity index (χ3v) is 5.47. The first-order chi connectivity index (χ1) is 14.9. The Morgan fingerprint density at radius 2 is 1.77 bits per heavy atom. The van der Waals surface area contributed by atoms with Gasteiger partial charge >= 0.3 is 12.2 Å². The van der Waals surface area contributed by atoms with Crippen molar-refractivity contribution in [2.45, 2.75) is 25.1 Å². The van der Waals surface area contributed by atoms with Crippen molar-refractivity contribution in [1.82, 2.24) is 15.2 Å². The third kappa shape index (κ3) is 4.71. The second-order valence-corrected chi connectivity index (χ2v) is 7.48. The molecule has 0 saturated carbocycles. The SMILES string of the molecule is O=C(NCCc1ccccc1)N1CCc2cccnc2[C@H]1c1ccc(C(F)(F)F)cc1. The van der Waals surface area contributed by atoms with Gasteiger partial charge in [0.05, 0.1) is 11.3 Å². The van der Waals surface area contributed by atoms with E-state index in [-0.39, 0.29) is 6.03 Å². The first-order valence-electron chi connectivity index (χ1n) is 10.1. The molecule has 160 valence electrons. The van der Waals surface area contributed by atoms with E-state index >= 15 is 0 Å². The molecule has 2 aromatic carbocycles. The minimum atomic E-state index is -4.41. The number of urea groups is 1. The van der Waals surface area contributed by atoms with Gasteiger partial charge in [-0.3, -0.25) is 4.98 Å². The molecule has 2 heterocycles. The standard InChI is InChI=1S/C24H22F3N3O/c25-24(26,27)20-10-8-19(9-11-20)22-21-18(7-4-14-28-21)13-16-30(22)23(31)29-15-12-17-5-2-1-3-6-17/h1-11,14,22H,12-13,15-16H2,(H,29,31)/t22-/m1/s1. The fourth-order valence-electron chi connectivity index (χ4n) is 3.90. The molecule has 0 bridgehead atoms. The van der Waals surface area contributed by atoms with E-state index in [1.165, 1.54) is 12.1 Å². The molecule has 1 N–H and O–H groups in total. The van der Waals surface area contributed by atoms with Gasteiger partial charge in [0.15, 0.2) is 0 Å². The van der Waals surface area contributed by atoms with E-state index in [1.54, 1.807) is 11.1 Å². The zero-order valence-corrected chi connectivity index (χ0v) is 16.8. The maximum atomic E-state index is 13.0. The van der Waals surface area contributed by atoms with E-state index in [0.717, 1.165) is 23.3 Å². The van der Waals surface area contributed by atoms with E-state index in [2.05, 4.69) is 10.3 Å². The second kappa shape index (κ2) is 8.79. The summed E-state index contributed by atoms with van der Waals surface area (Å²) in [7, 11) is 0. The van der Waals surface area contributed by atoms with Crippen LogP contribution in [-0.4, -0.2) is 29.0 Å². The predicted octanol–water partition coefficient (Wildman–Crippen LogP) is 5.00. The molecular formula is C24H22F3N3O. The molecule has 2 amide bonds. The van der Waals surface area contributed by atoms with E-state index in [1.807, 2.05) is 42.5 Å². The molecule has 1 aliphatic heterocycles. The van der Waals surface area contributed by atoms with Crippen molar-refractivity contribution in [3.8, 4) is 0 Å². The number of carbonyl (C=O) groups excluding carboxylic acids is 1. The number of nitrogens with zero attached hydrogens (tertiary/aromatic N) is 2. The van der Waals surface area contributed by atoms with Gasteiger partial charge in [-0.2, -0.15) is 13.2 Å². The zero-order chi connectivity index (χ0) is 21.8. The molecule has 1 aliphatic rings. The Morgan fingerprint density at radius 3 is 2.48 bits per heavy atom. The van der Waals surface area contributed by atoms with Crippen LogP contribution in [0.15, 0.2) is 72.9 Å². The highest BCUT2D eigenvalue weighted by Crippen LogP contribution is 2.36. The average Bonchev–Trinajstić information content (AvgIpc) is 2.78. The number of hydrogen-bond donors (Lipinski definition) is 1. The first kappa shape index (κ1) is 20.9. The number of hydrogen-bond acceptors (Lipinski definition) is 2. The van der Waals surface area contributed by atoms with Crippen molar-refractivity contribution in [1.29, 1.82) is 0 Å². The summed E-state index contributed by atoms with van der Waals surface area (Å²) in [5.74, 6) is 0. The molecule has 0 spiro atoms. The van der Waals surface area contributed by atoms with Crippen LogP contribution in [0.2, 0.25) is 0 Å². The van der Waals surface area contributed by atoms with E-state index in [0.29, 0.717) is 37.2 Å². The Balaban J connectivity index is 1.56. The molecular weight excluding hydrogens is 403 g/mol. The number of aromatic nitrogens is 1. The number of rotatable bonds is 4. The van der Waals surface area contributed by atoms with Gasteiger partial charge in [0.25, 0.3) is 0 Å². The van der Waals surface area contributed by atoms with Crippen molar-refractivity contribution in [3.05, 3.63) is 101 Å². The number of amides is 2. The lowest BCUT2D eigenvalue weighted by Crippen LogP contribution is -2.46. The quantitative estimate of drug-likeness (QED) is 0.639. The summed E-state index contributed by atoms with van der Waals surface area (Å²) in [5.41, 5.74) is 2.71. The molecule has 3 aromatic rings. The molecule has 4 rings (SSSR count). The lowest BCUT2D eigenvalue weighted by Gasteiger charge is -2.36. The number of nitrogens with one attached hydrogen (secondary N) is 1. The Kier molecular flexibility index (Phi) is 5.93. The number of fused-ring (bicyclic) bond motifs is 1. The molecule has 4 nitrogen and oxygen atoms in total. The topological polar surface area (TPSA) is 45.2 Å². The molecule has 1 atom stereocenters. The number of pyridine rings is 1. The molecule has 7 heteroatoms. The Hall–Kier alpha value is -3.35. The molecule has 31 heavy (non-hydrogen) atoms. The first-order valence-corrected chi connectivity index (χ1v) is 10.1. The Labute approximate surface area is 178 Å². The number of benzene rings is 2. The van der Waals surface area contributed by atoms with Gasteiger partial charge in [0, 0.05) is 19.3 Å². The van der Waals surface area contributed by atoms with Crippen molar-refractivity contribution in [3.63, 3.8) is 0 Å². The number of halogens is 3. The van der Waals surface area contributed by atoms with Crippen LogP contribution in [-0.2, 0) is 19.0 Å². The molecule has 0 aliphatic carbocycles. The zero-order valence-electron chi connectivity index (χ0n) is 16.8. The molecule has 0 fully saturated rings. The largest absolute Gasteiger partial charge is 0.416 e. The van der Waals surface area contributed by atoms with Gasteiger partial charge in [0.2, 0.25) is 0 Å². The number of alkyl halides is 3. The summed E-state index contributed by atoms with van der Waals surface area (Å²) >= 11 is 0. The minimum Gasteiger partial charge on any atom is -0.338 e. The Morgan fingerprint density at radius 1 is 1.03 bits per heavy atom. The highest BCUT2D eigenvalue weighted by Gasteiger charge is 2.34. The summed E-state index contributed by atoms with van der Waals surface area (Å²) in [6.45, 7) is 0.926. The van der Waals surface area contributed by atoms with Crippen LogP contribution in [0.5, 0.6) is 0 Å². The summed E-state index contributed by atoms with van der Waals surface area (Å²) in [6.07, 6.45) is -1.42. The van der Waals surface area contributed by atoms with Gasteiger partial charge in [0.1, 0.15) is 6.04 Å². The van der Waals surface area contributed by atoms with Crippen LogP contribution in [0, 0.1) is 0 Å². The van der Waals surface area contributed by atoms with Crippen LogP contribution in [0.4, 0.5) is 18.0 Å². The lowest BCUT2D eigenvalue weighted by atomic mass is 9.92. The van der Waals surface area contributed by atoms with Crippen molar-refractivity contribution >= 4 is 6.03 Å². The van der Waals surface area contributed by atoms with Gasteiger partial charge in [-0.15, -0.1) is 0 Å². The van der Waals surface area contributed by atoms with E-state index in [4.69, 9.17) is 0 Å². The monoisotopic (exact) mass is 425 g/mol. The molecule has 0 unspecified atom stereocenters. The fraction of sp³-hybridized carbons (Fsp3) is 0.250. The lowest BCUT2D eigenvalue weighted by molar-refractivity contribution is -0.137. The van der Waals surface area contributed by atoms with Crippen LogP contribution >= 0.6 is 0 Å². The smallest absolute Gasteiger partial charge is 0.338 e. The normalized spacial score (nSPS) is 16.0. The van der Waals surface area contributed by atoms with Crippen molar-refractivity contribution < 1.29 is 18.0 Å². The van der Waals surface area contributed by atoms with Crippen molar-refractivity contribution in [2.24, 2.45) is 0 Å². The summed E-state index contributed by atoms with van der Waals surface area (Å²) < 4.78 is 39.0. The van der Waals surface area contributed by atoms with E-state index < -0.39 is 17.8 Å². The highest BCUT2D eigenvalue weighted by atomic mass is 19.4. The molecule has 0 saturated heterocycles. The van der Waals surface area contributed by atoms with Gasteiger partial charge < -0.3 is 10.2 Å². The minimum absolute atomic E-state index is 0.253. The van der Waals surface area contributed by atoms with Gasteiger partial charge in [-0.1, -0.05) is 48.5 Å². The van der Waals surface area contributed by atoms with Crippen LogP contribution in [0.3, 0.4) is 0 Å². The third-order valence-electron chi connectivity index (χ3n) is 5.47. The van der Waals surface area contributed by atoms with Crippen LogP contribution in [0.1, 0.15) is 34.0 Å². The average molecular weight is 425 g/mol. The Bertz CT molecular complexity index is 1040. The molecule has 0 radical (unpaired) electrons. The summed E-state index contributed by atoms with van der Waals surface area (Å²) in [4.78, 5) is 19.1. The summed E-state index contributed by atoms with van der Waals surface area (Å²) in [5, 5.41) is 2.95. The van der Waals surface area contributed by atoms with Gasteiger partial charge in [-0.05, 0) is 47.7 Å². The maximum Gasteiger partial charge on any atom is 0.416 e. The van der Waals surface area contributed by atoms with Gasteiger partial charge in [-0.25, -0.2) is 4.79 Å². The number of carbonyl (C=O) groups is 1. The van der Waals surface area contributed by atoms with Crippen LogP contribution < -0.4 is 5.32 Å².